The standard InChI is InChI=1S/C32H44O6/c1-4-27-19-26(21-32(34)35-3)20-30(37-27)22-29-16-10-15-28(38-29)14-9-8-11-24(2)31(36-23-33)18-17-25-12-6-5-7-13-25/h5-8,11-13,17-18,21,23-24,27-31H,4,9-10,14-16,19-20,22H2,1-3H3/b11-8+,18-17+,26-21+. The SMILES string of the molecule is CCC1C/C(=C\C(=O)OC)CC(CC2CCCC(CC/C=C/C(C)C(/C=C/c3ccccc3)OC=O)O2)O1. The average molecular weight is 525 g/mol. The van der Waals surface area contributed by atoms with E-state index < -0.39 is 0 Å². The molecule has 0 amide bonds. The third kappa shape index (κ3) is 10.2. The number of allylic oxidation sites excluding steroid dienone is 1. The minimum absolute atomic E-state index is 0.0717. The van der Waals surface area contributed by atoms with Gasteiger partial charge in [0.1, 0.15) is 6.10 Å². The minimum atomic E-state index is -0.306. The Labute approximate surface area is 228 Å². The van der Waals surface area contributed by atoms with Crippen LogP contribution in [0.5, 0.6) is 0 Å². The molecule has 6 unspecified atom stereocenters. The molecule has 1 aromatic carbocycles. The predicted molar refractivity (Wildman–Crippen MR) is 149 cm³/mol. The van der Waals surface area contributed by atoms with E-state index in [1.54, 1.807) is 6.08 Å². The Morgan fingerprint density at radius 1 is 1.05 bits per heavy atom. The van der Waals surface area contributed by atoms with Crippen LogP contribution in [0.15, 0.2) is 60.2 Å². The van der Waals surface area contributed by atoms with Crippen LogP contribution in [0.2, 0.25) is 0 Å². The van der Waals surface area contributed by atoms with E-state index in [4.69, 9.17) is 18.9 Å². The quantitative estimate of drug-likeness (QED) is 0.125. The summed E-state index contributed by atoms with van der Waals surface area (Å²) in [5.41, 5.74) is 2.19. The van der Waals surface area contributed by atoms with E-state index in [9.17, 15) is 9.59 Å². The second kappa shape index (κ2) is 16.3. The fourth-order valence-corrected chi connectivity index (χ4v) is 5.30. The maximum Gasteiger partial charge on any atom is 0.330 e. The van der Waals surface area contributed by atoms with Gasteiger partial charge in [0.2, 0.25) is 0 Å². The van der Waals surface area contributed by atoms with Gasteiger partial charge >= 0.3 is 5.97 Å². The van der Waals surface area contributed by atoms with Gasteiger partial charge in [-0.1, -0.05) is 68.0 Å². The fraction of sp³-hybridized carbons (Fsp3) is 0.562. The first-order chi connectivity index (χ1) is 18.5. The number of carbonyl (C=O) groups excluding carboxylic acids is 2. The van der Waals surface area contributed by atoms with Gasteiger partial charge < -0.3 is 18.9 Å². The van der Waals surface area contributed by atoms with Gasteiger partial charge in [-0.15, -0.1) is 0 Å². The van der Waals surface area contributed by atoms with E-state index in [1.165, 1.54) is 7.11 Å². The molecule has 0 radical (unpaired) electrons. The normalized spacial score (nSPS) is 26.9. The van der Waals surface area contributed by atoms with Crippen molar-refractivity contribution in [1.82, 2.24) is 0 Å². The molecule has 208 valence electrons. The lowest BCUT2D eigenvalue weighted by Gasteiger charge is -2.36. The van der Waals surface area contributed by atoms with Crippen molar-refractivity contribution in [2.75, 3.05) is 7.11 Å². The second-order valence-corrected chi connectivity index (χ2v) is 10.4. The summed E-state index contributed by atoms with van der Waals surface area (Å²) in [5, 5.41) is 0. The summed E-state index contributed by atoms with van der Waals surface area (Å²) in [6.07, 6.45) is 18.7. The van der Waals surface area contributed by atoms with Crippen LogP contribution in [-0.2, 0) is 28.5 Å². The van der Waals surface area contributed by atoms with Crippen molar-refractivity contribution in [3.8, 4) is 0 Å². The van der Waals surface area contributed by atoms with Gasteiger partial charge in [0, 0.05) is 18.4 Å². The van der Waals surface area contributed by atoms with Gasteiger partial charge in [-0.3, -0.25) is 4.79 Å². The predicted octanol–water partition coefficient (Wildman–Crippen LogP) is 6.60. The smallest absolute Gasteiger partial charge is 0.330 e. The lowest BCUT2D eigenvalue weighted by molar-refractivity contribution is -0.135. The van der Waals surface area contributed by atoms with Crippen LogP contribution in [0.3, 0.4) is 0 Å². The molecular weight excluding hydrogens is 480 g/mol. The second-order valence-electron chi connectivity index (χ2n) is 10.4. The van der Waals surface area contributed by atoms with Gasteiger partial charge in [-0.2, -0.15) is 0 Å². The first kappa shape index (κ1) is 29.9. The lowest BCUT2D eigenvalue weighted by atomic mass is 9.91. The third-order valence-corrected chi connectivity index (χ3v) is 7.41. The number of ether oxygens (including phenoxy) is 4. The van der Waals surface area contributed by atoms with Crippen molar-refractivity contribution in [2.45, 2.75) is 102 Å². The van der Waals surface area contributed by atoms with Crippen molar-refractivity contribution in [3.05, 3.63) is 65.8 Å². The number of benzene rings is 1. The molecule has 1 aromatic rings. The monoisotopic (exact) mass is 524 g/mol. The molecule has 2 fully saturated rings. The molecule has 3 rings (SSSR count). The topological polar surface area (TPSA) is 71.1 Å². The van der Waals surface area contributed by atoms with Crippen LogP contribution < -0.4 is 0 Å². The summed E-state index contributed by atoms with van der Waals surface area (Å²) in [6, 6.07) is 9.99. The summed E-state index contributed by atoms with van der Waals surface area (Å²) in [7, 11) is 1.42. The molecule has 38 heavy (non-hydrogen) atoms. The zero-order valence-electron chi connectivity index (χ0n) is 23.1. The Morgan fingerprint density at radius 3 is 2.53 bits per heavy atom. The first-order valence-electron chi connectivity index (χ1n) is 14.1. The van der Waals surface area contributed by atoms with Crippen molar-refractivity contribution in [1.29, 1.82) is 0 Å². The van der Waals surface area contributed by atoms with Crippen LogP contribution in [0.4, 0.5) is 0 Å². The maximum absolute atomic E-state index is 11.7. The molecule has 0 aromatic heterocycles. The summed E-state index contributed by atoms with van der Waals surface area (Å²) < 4.78 is 22.9. The van der Waals surface area contributed by atoms with Gasteiger partial charge in [-0.05, 0) is 63.0 Å². The van der Waals surface area contributed by atoms with E-state index in [0.717, 1.165) is 68.9 Å². The van der Waals surface area contributed by atoms with E-state index in [-0.39, 0.29) is 42.4 Å². The highest BCUT2D eigenvalue weighted by atomic mass is 16.5. The van der Waals surface area contributed by atoms with Gasteiger partial charge in [-0.25, -0.2) is 4.79 Å². The zero-order chi connectivity index (χ0) is 27.2. The van der Waals surface area contributed by atoms with Crippen molar-refractivity contribution >= 4 is 18.5 Å². The molecule has 0 bridgehead atoms. The Morgan fingerprint density at radius 2 is 1.79 bits per heavy atom. The molecule has 2 heterocycles. The summed E-state index contributed by atoms with van der Waals surface area (Å²) in [6.45, 7) is 4.70. The third-order valence-electron chi connectivity index (χ3n) is 7.41. The molecule has 0 aliphatic carbocycles. The van der Waals surface area contributed by atoms with E-state index in [0.29, 0.717) is 6.47 Å². The molecule has 0 N–H and O–H groups in total. The molecule has 2 aliphatic heterocycles. The largest absolute Gasteiger partial charge is 0.466 e. The number of rotatable bonds is 13. The van der Waals surface area contributed by atoms with E-state index in [1.807, 2.05) is 42.5 Å². The number of methoxy groups -OCH3 is 1. The Bertz CT molecular complexity index is 937. The van der Waals surface area contributed by atoms with E-state index in [2.05, 4.69) is 26.0 Å². The van der Waals surface area contributed by atoms with Crippen molar-refractivity contribution in [3.63, 3.8) is 0 Å². The molecular formula is C32H44O6. The molecule has 0 spiro atoms. The number of hydrogen-bond acceptors (Lipinski definition) is 6. The molecule has 6 atom stereocenters. The van der Waals surface area contributed by atoms with Crippen molar-refractivity contribution in [2.24, 2.45) is 5.92 Å². The first-order valence-corrected chi connectivity index (χ1v) is 14.1. The van der Waals surface area contributed by atoms with Crippen molar-refractivity contribution < 1.29 is 28.5 Å². The zero-order valence-corrected chi connectivity index (χ0v) is 23.1. The van der Waals surface area contributed by atoms with Crippen LogP contribution in [-0.4, -0.2) is 50.1 Å². The Kier molecular flexibility index (Phi) is 12.8. The summed E-state index contributed by atoms with van der Waals surface area (Å²) >= 11 is 0. The summed E-state index contributed by atoms with van der Waals surface area (Å²) in [4.78, 5) is 22.8. The molecule has 2 saturated heterocycles. The molecule has 0 saturated carbocycles. The highest BCUT2D eigenvalue weighted by Crippen LogP contribution is 2.32. The van der Waals surface area contributed by atoms with E-state index >= 15 is 0 Å². The number of carbonyl (C=O) groups is 2. The Hall–Kier alpha value is -2.70. The van der Waals surface area contributed by atoms with Gasteiger partial charge in [0.05, 0.1) is 31.5 Å². The fourth-order valence-electron chi connectivity index (χ4n) is 5.30. The highest BCUT2D eigenvalue weighted by Gasteiger charge is 2.30. The van der Waals surface area contributed by atoms with Crippen LogP contribution >= 0.6 is 0 Å². The Balaban J connectivity index is 1.46. The highest BCUT2D eigenvalue weighted by molar-refractivity contribution is 5.82. The molecule has 2 aliphatic rings. The van der Waals surface area contributed by atoms with Crippen LogP contribution in [0, 0.1) is 5.92 Å². The number of hydrogen-bond donors (Lipinski definition) is 0. The van der Waals surface area contributed by atoms with Crippen LogP contribution in [0.25, 0.3) is 6.08 Å². The molecule has 6 nitrogen and oxygen atoms in total. The van der Waals surface area contributed by atoms with Gasteiger partial charge in [0.15, 0.2) is 0 Å². The molecule has 6 heteroatoms. The average Bonchev–Trinajstić information content (AvgIpc) is 2.93. The maximum atomic E-state index is 11.7. The number of esters is 1. The van der Waals surface area contributed by atoms with Crippen LogP contribution in [0.1, 0.15) is 77.2 Å². The lowest BCUT2D eigenvalue weighted by Crippen LogP contribution is -2.35. The minimum Gasteiger partial charge on any atom is -0.466 e. The summed E-state index contributed by atoms with van der Waals surface area (Å²) in [5.74, 6) is -0.217. The van der Waals surface area contributed by atoms with Gasteiger partial charge in [0.25, 0.3) is 6.47 Å².